The van der Waals surface area contributed by atoms with Gasteiger partial charge in [-0.25, -0.2) is 4.79 Å². The monoisotopic (exact) mass is 377 g/mol. The fourth-order valence-electron chi connectivity index (χ4n) is 2.26. The summed E-state index contributed by atoms with van der Waals surface area (Å²) in [7, 11) is 0. The van der Waals surface area contributed by atoms with Gasteiger partial charge in [-0.1, -0.05) is 35.4 Å². The van der Waals surface area contributed by atoms with Crippen LogP contribution in [0.4, 0.5) is 4.79 Å². The van der Waals surface area contributed by atoms with Gasteiger partial charge in [0.25, 0.3) is 6.47 Å². The summed E-state index contributed by atoms with van der Waals surface area (Å²) in [5.74, 6) is 0. The molecule has 0 spiro atoms. The Morgan fingerprint density at radius 3 is 2.67 bits per heavy atom. The average Bonchev–Trinajstić information content (AvgIpc) is 2.62. The Kier molecular flexibility index (Phi) is 9.71. The lowest BCUT2D eigenvalue weighted by atomic mass is 10.0. The first-order valence-corrected chi connectivity index (χ1v) is 8.69. The lowest BCUT2D eigenvalue weighted by Crippen LogP contribution is -2.51. The third-order valence-electron chi connectivity index (χ3n) is 3.57. The molecule has 1 aliphatic rings. The van der Waals surface area contributed by atoms with Crippen molar-refractivity contribution in [2.24, 2.45) is 5.11 Å². The van der Waals surface area contributed by atoms with E-state index in [0.29, 0.717) is 19.4 Å². The Morgan fingerprint density at radius 2 is 2.11 bits per heavy atom. The summed E-state index contributed by atoms with van der Waals surface area (Å²) in [5, 5.41) is 9.57. The van der Waals surface area contributed by atoms with Gasteiger partial charge in [0.2, 0.25) is 0 Å². The Balaban J connectivity index is 0.000000445. The maximum absolute atomic E-state index is 11.7. The van der Waals surface area contributed by atoms with Gasteiger partial charge >= 0.3 is 6.09 Å². The van der Waals surface area contributed by atoms with Crippen LogP contribution in [0.3, 0.4) is 0 Å². The molecule has 1 aromatic carbocycles. The molecule has 0 bridgehead atoms. The minimum absolute atomic E-state index is 0.185. The quantitative estimate of drug-likeness (QED) is 0.353. The number of nitrogens with zero attached hydrogens (tertiary/aromatic N) is 3. The van der Waals surface area contributed by atoms with Crippen LogP contribution in [0.5, 0.6) is 0 Å². The van der Waals surface area contributed by atoms with Gasteiger partial charge in [-0.05, 0) is 44.8 Å². The fourth-order valence-corrected chi connectivity index (χ4v) is 2.26. The van der Waals surface area contributed by atoms with Crippen LogP contribution >= 0.6 is 0 Å². The zero-order valence-corrected chi connectivity index (χ0v) is 15.9. The first-order valence-electron chi connectivity index (χ1n) is 8.69. The number of amides is 1. The summed E-state index contributed by atoms with van der Waals surface area (Å²) in [6.45, 7) is 7.49. The molecule has 2 atom stereocenters. The lowest BCUT2D eigenvalue weighted by Gasteiger charge is -2.29. The van der Waals surface area contributed by atoms with E-state index in [4.69, 9.17) is 10.3 Å². The zero-order chi connectivity index (χ0) is 20.1. The Hall–Kier alpha value is -2.77. The molecule has 1 amide bonds. The minimum atomic E-state index is -0.487. The van der Waals surface area contributed by atoms with E-state index in [2.05, 4.69) is 25.4 Å². The maximum Gasteiger partial charge on any atom is 0.407 e. The largest absolute Gasteiger partial charge is 0.462 e. The molecule has 0 unspecified atom stereocenters. The lowest BCUT2D eigenvalue weighted by molar-refractivity contribution is -0.138. The average molecular weight is 377 g/mol. The molecule has 148 valence electrons. The molecule has 1 fully saturated rings. The summed E-state index contributed by atoms with van der Waals surface area (Å²) in [6, 6.07) is 9.00. The van der Waals surface area contributed by atoms with Crippen molar-refractivity contribution >= 4 is 12.6 Å². The van der Waals surface area contributed by atoms with Gasteiger partial charge in [0.1, 0.15) is 12.2 Å². The molecular weight excluding hydrogens is 350 g/mol. The normalized spacial score (nSPS) is 18.8. The Morgan fingerprint density at radius 1 is 1.41 bits per heavy atom. The number of piperidine rings is 1. The van der Waals surface area contributed by atoms with E-state index in [1.807, 2.05) is 51.1 Å². The molecule has 27 heavy (non-hydrogen) atoms. The fraction of sp³-hybridized carbons (Fsp3) is 0.556. The second-order valence-electron chi connectivity index (χ2n) is 6.90. The molecule has 9 nitrogen and oxygen atoms in total. The van der Waals surface area contributed by atoms with Crippen molar-refractivity contribution in [3.63, 3.8) is 0 Å². The predicted molar refractivity (Wildman–Crippen MR) is 101 cm³/mol. The number of hydrogen-bond acceptors (Lipinski definition) is 6. The van der Waals surface area contributed by atoms with Gasteiger partial charge in [-0.3, -0.25) is 4.79 Å². The number of carbonyl (C=O) groups excluding carboxylic acids is 2. The van der Waals surface area contributed by atoms with Crippen molar-refractivity contribution < 1.29 is 19.1 Å². The van der Waals surface area contributed by atoms with E-state index in [-0.39, 0.29) is 24.3 Å². The SMILES string of the molecule is CC(C)(C)OC=O.[N-]=[N+]=N[C@@H]1CNCC[C@H]1NC(=O)OCc1ccccc1. The molecule has 1 aromatic rings. The molecule has 2 N–H and O–H groups in total. The third-order valence-corrected chi connectivity index (χ3v) is 3.57. The van der Waals surface area contributed by atoms with Gasteiger partial charge in [0.15, 0.2) is 0 Å². The first-order chi connectivity index (χ1) is 12.9. The van der Waals surface area contributed by atoms with Gasteiger partial charge in [-0.15, -0.1) is 0 Å². The van der Waals surface area contributed by atoms with E-state index in [9.17, 15) is 9.59 Å². The molecule has 0 radical (unpaired) electrons. The van der Waals surface area contributed by atoms with Crippen molar-refractivity contribution in [3.8, 4) is 0 Å². The Bertz CT molecular complexity index is 626. The molecular formula is C18H27N5O4. The highest BCUT2D eigenvalue weighted by Crippen LogP contribution is 2.09. The minimum Gasteiger partial charge on any atom is -0.462 e. The van der Waals surface area contributed by atoms with Crippen molar-refractivity contribution in [1.29, 1.82) is 0 Å². The molecule has 1 heterocycles. The highest BCUT2D eigenvalue weighted by Gasteiger charge is 2.25. The number of hydrogen-bond donors (Lipinski definition) is 2. The number of alkyl carbamates (subject to hydrolysis) is 1. The molecule has 0 saturated carbocycles. The van der Waals surface area contributed by atoms with E-state index >= 15 is 0 Å². The number of carbonyl (C=O) groups is 2. The first kappa shape index (κ1) is 22.3. The van der Waals surface area contributed by atoms with Crippen LogP contribution in [0.15, 0.2) is 35.4 Å². The standard InChI is InChI=1S/C13H17N5O2.C5H10O2/c14-18-17-12-8-15-7-6-11(12)16-13(19)20-9-10-4-2-1-3-5-10;1-5(2,3)7-4-6/h1-5,11-12,15H,6-9H2,(H,16,19);4H,1-3H3/t11-,12-;/m1./s1. The van der Waals surface area contributed by atoms with Crippen LogP contribution in [-0.4, -0.2) is 43.3 Å². The van der Waals surface area contributed by atoms with E-state index in [0.717, 1.165) is 12.1 Å². The van der Waals surface area contributed by atoms with Gasteiger partial charge in [0, 0.05) is 17.5 Å². The third kappa shape index (κ3) is 10.1. The zero-order valence-electron chi connectivity index (χ0n) is 15.9. The molecule has 0 aliphatic carbocycles. The van der Waals surface area contributed by atoms with E-state index in [1.54, 1.807) is 0 Å². The van der Waals surface area contributed by atoms with Gasteiger partial charge < -0.3 is 20.1 Å². The van der Waals surface area contributed by atoms with Crippen LogP contribution < -0.4 is 10.6 Å². The second kappa shape index (κ2) is 11.8. The highest BCUT2D eigenvalue weighted by atomic mass is 16.5. The number of azide groups is 1. The van der Waals surface area contributed by atoms with Crippen LogP contribution in [0.1, 0.15) is 32.8 Å². The molecule has 2 rings (SSSR count). The summed E-state index contributed by atoms with van der Waals surface area (Å²) >= 11 is 0. The van der Waals surface area contributed by atoms with Crippen LogP contribution in [0, 0.1) is 0 Å². The van der Waals surface area contributed by atoms with Crippen molar-refractivity contribution in [1.82, 2.24) is 10.6 Å². The van der Waals surface area contributed by atoms with Crippen LogP contribution in [0.2, 0.25) is 0 Å². The number of benzene rings is 1. The summed E-state index contributed by atoms with van der Waals surface area (Å²) in [4.78, 5) is 24.1. The second-order valence-corrected chi connectivity index (χ2v) is 6.90. The van der Waals surface area contributed by atoms with Crippen LogP contribution in [0.25, 0.3) is 10.4 Å². The van der Waals surface area contributed by atoms with E-state index < -0.39 is 6.09 Å². The predicted octanol–water partition coefficient (Wildman–Crippen LogP) is 2.91. The number of nitrogens with one attached hydrogen (secondary N) is 2. The smallest absolute Gasteiger partial charge is 0.407 e. The molecule has 0 aromatic heterocycles. The Labute approximate surface area is 159 Å². The highest BCUT2D eigenvalue weighted by molar-refractivity contribution is 5.67. The number of ether oxygens (including phenoxy) is 2. The summed E-state index contributed by atoms with van der Waals surface area (Å²) in [5.41, 5.74) is 9.12. The summed E-state index contributed by atoms with van der Waals surface area (Å²) < 4.78 is 9.70. The van der Waals surface area contributed by atoms with Crippen molar-refractivity contribution in [3.05, 3.63) is 46.3 Å². The van der Waals surface area contributed by atoms with Gasteiger partial charge in [-0.2, -0.15) is 0 Å². The number of rotatable bonds is 5. The molecule has 9 heteroatoms. The van der Waals surface area contributed by atoms with E-state index in [1.165, 1.54) is 0 Å². The topological polar surface area (TPSA) is 125 Å². The van der Waals surface area contributed by atoms with Gasteiger partial charge in [0.05, 0.1) is 6.04 Å². The maximum atomic E-state index is 11.7. The van der Waals surface area contributed by atoms with Crippen LogP contribution in [-0.2, 0) is 20.9 Å². The summed E-state index contributed by atoms with van der Waals surface area (Å²) in [6.07, 6.45) is 0.225. The molecule has 1 aliphatic heterocycles. The van der Waals surface area contributed by atoms with Crippen molar-refractivity contribution in [2.75, 3.05) is 13.1 Å². The molecule has 1 saturated heterocycles. The van der Waals surface area contributed by atoms with Crippen molar-refractivity contribution in [2.45, 2.75) is 51.5 Å².